The highest BCUT2D eigenvalue weighted by Crippen LogP contribution is 2.48. The van der Waals surface area contributed by atoms with Gasteiger partial charge < -0.3 is 9.84 Å². The van der Waals surface area contributed by atoms with Gasteiger partial charge in [0, 0.05) is 5.56 Å². The third-order valence-corrected chi connectivity index (χ3v) is 6.07. The molecule has 0 heterocycles. The average molecular weight is 384 g/mol. The first-order valence-electron chi connectivity index (χ1n) is 9.81. The summed E-state index contributed by atoms with van der Waals surface area (Å²) < 4.78 is 5.87. The molecule has 7 heteroatoms. The lowest BCUT2D eigenvalue weighted by Crippen LogP contribution is -2.48. The zero-order chi connectivity index (χ0) is 19.7. The third-order valence-electron chi connectivity index (χ3n) is 6.07. The van der Waals surface area contributed by atoms with Crippen LogP contribution in [0.2, 0.25) is 0 Å². The Kier molecular flexibility index (Phi) is 5.07. The van der Waals surface area contributed by atoms with E-state index >= 15 is 0 Å². The number of fused-ring (bicyclic) bond motifs is 2. The zero-order valence-electron chi connectivity index (χ0n) is 15.5. The largest absolute Gasteiger partial charge is 0.490 e. The Bertz CT molecular complexity index is 798. The van der Waals surface area contributed by atoms with Gasteiger partial charge in [-0.15, -0.1) is 0 Å². The van der Waals surface area contributed by atoms with Crippen molar-refractivity contribution in [1.82, 2.24) is 10.9 Å². The van der Waals surface area contributed by atoms with Crippen LogP contribution < -0.4 is 15.6 Å². The molecule has 0 saturated heterocycles. The lowest BCUT2D eigenvalue weighted by molar-refractivity contribution is -0.148. The summed E-state index contributed by atoms with van der Waals surface area (Å²) in [6, 6.07) is 6.78. The summed E-state index contributed by atoms with van der Waals surface area (Å²) in [5.41, 5.74) is 5.18. The topological polar surface area (TPSA) is 105 Å². The molecule has 1 aromatic carbocycles. The van der Waals surface area contributed by atoms with E-state index in [1.165, 1.54) is 12.8 Å². The first kappa shape index (κ1) is 18.5. The number of carbonyl (C=O) groups excluding carboxylic acids is 2. The van der Waals surface area contributed by atoms with Gasteiger partial charge in [-0.1, -0.05) is 12.2 Å². The van der Waals surface area contributed by atoms with E-state index in [0.29, 0.717) is 12.0 Å². The van der Waals surface area contributed by atoms with Crippen molar-refractivity contribution in [3.63, 3.8) is 0 Å². The summed E-state index contributed by atoms with van der Waals surface area (Å²) in [6.07, 6.45) is 9.19. The molecular formula is C21H24N2O5. The average Bonchev–Trinajstić information content (AvgIpc) is 3.43. The number of amides is 2. The van der Waals surface area contributed by atoms with E-state index in [1.54, 1.807) is 24.3 Å². The van der Waals surface area contributed by atoms with E-state index in [1.807, 2.05) is 12.2 Å². The summed E-state index contributed by atoms with van der Waals surface area (Å²) >= 11 is 0. The summed E-state index contributed by atoms with van der Waals surface area (Å²) in [6.45, 7) is 0. The summed E-state index contributed by atoms with van der Waals surface area (Å²) in [5.74, 6) is -2.75. The van der Waals surface area contributed by atoms with E-state index in [9.17, 15) is 19.5 Å². The molecular weight excluding hydrogens is 360 g/mol. The first-order chi connectivity index (χ1) is 13.5. The Morgan fingerprint density at radius 2 is 1.57 bits per heavy atom. The van der Waals surface area contributed by atoms with Crippen molar-refractivity contribution in [2.24, 2.45) is 23.7 Å². The minimum Gasteiger partial charge on any atom is -0.490 e. The van der Waals surface area contributed by atoms with E-state index in [4.69, 9.17) is 4.74 Å². The molecule has 3 N–H and O–H groups in total. The highest BCUT2D eigenvalue weighted by atomic mass is 16.5. The molecule has 4 atom stereocenters. The van der Waals surface area contributed by atoms with E-state index < -0.39 is 29.6 Å². The maximum Gasteiger partial charge on any atom is 0.307 e. The van der Waals surface area contributed by atoms with Gasteiger partial charge in [0.05, 0.1) is 17.9 Å². The van der Waals surface area contributed by atoms with Gasteiger partial charge in [0.25, 0.3) is 5.91 Å². The second-order valence-corrected chi connectivity index (χ2v) is 7.83. The highest BCUT2D eigenvalue weighted by molar-refractivity contribution is 5.96. The first-order valence-corrected chi connectivity index (χ1v) is 9.81. The van der Waals surface area contributed by atoms with Crippen molar-refractivity contribution in [3.05, 3.63) is 42.0 Å². The minimum atomic E-state index is -0.971. The number of carboxylic acid groups (broad SMARTS) is 1. The molecule has 28 heavy (non-hydrogen) atoms. The molecule has 0 radical (unpaired) electrons. The fourth-order valence-electron chi connectivity index (χ4n) is 4.67. The number of carbonyl (C=O) groups is 3. The number of hydrogen-bond acceptors (Lipinski definition) is 4. The number of nitrogens with one attached hydrogen (secondary N) is 2. The van der Waals surface area contributed by atoms with E-state index in [-0.39, 0.29) is 17.9 Å². The van der Waals surface area contributed by atoms with E-state index in [2.05, 4.69) is 10.9 Å². The van der Waals surface area contributed by atoms with Crippen molar-refractivity contribution in [3.8, 4) is 5.75 Å². The Balaban J connectivity index is 1.32. The van der Waals surface area contributed by atoms with Gasteiger partial charge in [0.2, 0.25) is 5.91 Å². The number of allylic oxidation sites excluding steroid dienone is 2. The molecule has 0 spiro atoms. The molecule has 2 bridgehead atoms. The highest BCUT2D eigenvalue weighted by Gasteiger charge is 2.51. The van der Waals surface area contributed by atoms with Gasteiger partial charge in [0.1, 0.15) is 5.75 Å². The molecule has 4 rings (SSSR count). The van der Waals surface area contributed by atoms with E-state index in [0.717, 1.165) is 18.6 Å². The van der Waals surface area contributed by atoms with Crippen LogP contribution >= 0.6 is 0 Å². The number of hydrogen-bond donors (Lipinski definition) is 3. The Morgan fingerprint density at radius 3 is 2.21 bits per heavy atom. The molecule has 0 aliphatic heterocycles. The summed E-state index contributed by atoms with van der Waals surface area (Å²) in [7, 11) is 0. The van der Waals surface area contributed by atoms with Crippen LogP contribution in [0, 0.1) is 23.7 Å². The van der Waals surface area contributed by atoms with Crippen molar-refractivity contribution in [1.29, 1.82) is 0 Å². The SMILES string of the molecule is O=C(NNC(=O)[C@H]1[C@@H](C(=O)O)[C@H]2C=C[C@H]1C2)c1ccc(OC2CCCC2)cc1. The molecule has 7 nitrogen and oxygen atoms in total. The number of benzene rings is 1. The Labute approximate surface area is 163 Å². The Hall–Kier alpha value is -2.83. The maximum absolute atomic E-state index is 12.5. The second kappa shape index (κ2) is 7.66. The van der Waals surface area contributed by atoms with Crippen LogP contribution in [0.15, 0.2) is 36.4 Å². The second-order valence-electron chi connectivity index (χ2n) is 7.83. The lowest BCUT2D eigenvalue weighted by Gasteiger charge is -2.23. The monoisotopic (exact) mass is 384 g/mol. The molecule has 2 fully saturated rings. The fraction of sp³-hybridized carbons (Fsp3) is 0.476. The van der Waals surface area contributed by atoms with Crippen molar-refractivity contribution in [2.75, 3.05) is 0 Å². The van der Waals surface area contributed by atoms with Crippen molar-refractivity contribution >= 4 is 17.8 Å². The molecule has 1 aromatic rings. The van der Waals surface area contributed by atoms with Crippen LogP contribution in [0.3, 0.4) is 0 Å². The molecule has 2 amide bonds. The number of hydrazine groups is 1. The number of aliphatic carboxylic acids is 1. The van der Waals surface area contributed by atoms with Crippen LogP contribution in [0.1, 0.15) is 42.5 Å². The third kappa shape index (κ3) is 3.61. The fourth-order valence-corrected chi connectivity index (χ4v) is 4.67. The van der Waals surface area contributed by atoms with Crippen molar-refractivity contribution < 1.29 is 24.2 Å². The van der Waals surface area contributed by atoms with Gasteiger partial charge in [-0.3, -0.25) is 25.2 Å². The molecule has 148 valence electrons. The normalized spacial score (nSPS) is 28.3. The summed E-state index contributed by atoms with van der Waals surface area (Å²) in [4.78, 5) is 36.3. The molecule has 0 aromatic heterocycles. The lowest BCUT2D eigenvalue weighted by atomic mass is 9.82. The van der Waals surface area contributed by atoms with Gasteiger partial charge >= 0.3 is 5.97 Å². The van der Waals surface area contributed by atoms with Gasteiger partial charge in [0.15, 0.2) is 0 Å². The van der Waals surface area contributed by atoms with Crippen LogP contribution in [-0.4, -0.2) is 29.0 Å². The van der Waals surface area contributed by atoms with Crippen LogP contribution in [0.5, 0.6) is 5.75 Å². The summed E-state index contributed by atoms with van der Waals surface area (Å²) in [5, 5.41) is 9.42. The minimum absolute atomic E-state index is 0.0879. The van der Waals surface area contributed by atoms with Crippen LogP contribution in [0.25, 0.3) is 0 Å². The predicted molar refractivity (Wildman–Crippen MR) is 100 cm³/mol. The number of rotatable bonds is 5. The van der Waals surface area contributed by atoms with Gasteiger partial charge in [-0.05, 0) is 68.2 Å². The van der Waals surface area contributed by atoms with Crippen molar-refractivity contribution in [2.45, 2.75) is 38.2 Å². The predicted octanol–water partition coefficient (Wildman–Crippen LogP) is 2.29. The molecule has 2 saturated carbocycles. The van der Waals surface area contributed by atoms with Gasteiger partial charge in [-0.2, -0.15) is 0 Å². The standard InChI is InChI=1S/C21H24N2O5/c24-19(12-7-9-16(10-8-12)28-15-3-1-2-4-15)22-23-20(25)17-13-5-6-14(11-13)18(17)21(26)27/h5-10,13-15,17-18H,1-4,11H2,(H,22,24)(H,23,25)(H,26,27)/t13-,14-,17+,18-/m0/s1. The smallest absolute Gasteiger partial charge is 0.307 e. The zero-order valence-corrected chi connectivity index (χ0v) is 15.5. The maximum atomic E-state index is 12.5. The number of carboxylic acids is 1. The Morgan fingerprint density at radius 1 is 0.929 bits per heavy atom. The number of ether oxygens (including phenoxy) is 1. The van der Waals surface area contributed by atoms with Gasteiger partial charge in [-0.25, -0.2) is 0 Å². The molecule has 3 aliphatic rings. The van der Waals surface area contributed by atoms with Crippen LogP contribution in [0.4, 0.5) is 0 Å². The van der Waals surface area contributed by atoms with Crippen LogP contribution in [-0.2, 0) is 9.59 Å². The molecule has 0 unspecified atom stereocenters. The quantitative estimate of drug-likeness (QED) is 0.534. The molecule has 3 aliphatic carbocycles.